The van der Waals surface area contributed by atoms with E-state index in [1.807, 2.05) is 36.4 Å². The minimum atomic E-state index is 0.512. The molecule has 0 aliphatic carbocycles. The van der Waals surface area contributed by atoms with Crippen LogP contribution in [0.1, 0.15) is 23.6 Å². The van der Waals surface area contributed by atoms with Gasteiger partial charge in [-0.15, -0.1) is 0 Å². The molecular weight excluding hydrogens is 384 g/mol. The monoisotopic (exact) mass is 410 g/mol. The summed E-state index contributed by atoms with van der Waals surface area (Å²) in [5.74, 6) is 3.08. The van der Waals surface area contributed by atoms with Crippen LogP contribution in [0.4, 0.5) is 5.69 Å². The molecule has 156 valence electrons. The third-order valence-corrected chi connectivity index (χ3v) is 5.98. The topological polar surface area (TPSA) is 34.6 Å². The van der Waals surface area contributed by atoms with E-state index in [0.717, 1.165) is 53.4 Å². The summed E-state index contributed by atoms with van der Waals surface area (Å²) in [5, 5.41) is 1.13. The first kappa shape index (κ1) is 19.4. The molecule has 1 saturated heterocycles. The van der Waals surface area contributed by atoms with E-state index in [9.17, 15) is 0 Å². The number of methoxy groups -OCH3 is 1. The smallest absolute Gasteiger partial charge is 0.128 e. The first-order valence-corrected chi connectivity index (χ1v) is 10.7. The molecule has 0 saturated carbocycles. The van der Waals surface area contributed by atoms with Gasteiger partial charge in [0.05, 0.1) is 12.6 Å². The maximum absolute atomic E-state index is 6.09. The Morgan fingerprint density at radius 2 is 1.65 bits per heavy atom. The lowest BCUT2D eigenvalue weighted by Crippen LogP contribution is -2.19. The number of pyridine rings is 1. The van der Waals surface area contributed by atoms with E-state index in [0.29, 0.717) is 5.92 Å². The van der Waals surface area contributed by atoms with Gasteiger partial charge in [-0.25, -0.2) is 0 Å². The highest BCUT2D eigenvalue weighted by atomic mass is 16.5. The van der Waals surface area contributed by atoms with Crippen molar-refractivity contribution in [2.75, 3.05) is 25.1 Å². The van der Waals surface area contributed by atoms with Gasteiger partial charge in [0, 0.05) is 35.8 Å². The quantitative estimate of drug-likeness (QED) is 0.385. The fourth-order valence-corrected chi connectivity index (χ4v) is 4.39. The minimum Gasteiger partial charge on any atom is -0.497 e. The van der Waals surface area contributed by atoms with E-state index in [4.69, 9.17) is 14.5 Å². The third-order valence-electron chi connectivity index (χ3n) is 5.98. The normalized spacial score (nSPS) is 15.9. The molecule has 1 fully saturated rings. The van der Waals surface area contributed by atoms with Gasteiger partial charge >= 0.3 is 0 Å². The van der Waals surface area contributed by atoms with Crippen LogP contribution < -0.4 is 14.4 Å². The number of fused-ring (bicyclic) bond motifs is 1. The van der Waals surface area contributed by atoms with Crippen molar-refractivity contribution >= 4 is 16.6 Å². The molecule has 1 unspecified atom stereocenters. The predicted octanol–water partition coefficient (Wildman–Crippen LogP) is 6.34. The number of anilines is 1. The Labute approximate surface area is 183 Å². The summed E-state index contributed by atoms with van der Waals surface area (Å²) in [6, 6.07) is 26.7. The molecule has 1 aliphatic rings. The first-order chi connectivity index (χ1) is 15.2. The minimum absolute atomic E-state index is 0.512. The van der Waals surface area contributed by atoms with Crippen molar-refractivity contribution in [1.82, 2.24) is 4.98 Å². The molecule has 1 aromatic heterocycles. The van der Waals surface area contributed by atoms with Crippen LogP contribution in [-0.2, 0) is 0 Å². The fraction of sp³-hybridized carbons (Fsp3) is 0.222. The molecule has 0 spiro atoms. The summed E-state index contributed by atoms with van der Waals surface area (Å²) in [5.41, 5.74) is 4.64. The van der Waals surface area contributed by atoms with Crippen LogP contribution >= 0.6 is 0 Å². The second-order valence-corrected chi connectivity index (χ2v) is 8.08. The number of aryl methyl sites for hydroxylation is 1. The molecule has 1 aliphatic heterocycles. The van der Waals surface area contributed by atoms with Crippen molar-refractivity contribution in [3.05, 3.63) is 90.1 Å². The molecule has 0 N–H and O–H groups in total. The van der Waals surface area contributed by atoms with E-state index in [-0.39, 0.29) is 0 Å². The Morgan fingerprint density at radius 3 is 2.42 bits per heavy atom. The number of nitrogens with zero attached hydrogens (tertiary/aromatic N) is 2. The van der Waals surface area contributed by atoms with Gasteiger partial charge in [-0.05, 0) is 67.4 Å². The zero-order chi connectivity index (χ0) is 21.2. The molecule has 4 nitrogen and oxygen atoms in total. The number of hydrogen-bond donors (Lipinski definition) is 0. The zero-order valence-corrected chi connectivity index (χ0v) is 17.9. The van der Waals surface area contributed by atoms with E-state index in [1.165, 1.54) is 11.3 Å². The summed E-state index contributed by atoms with van der Waals surface area (Å²) in [6.07, 6.45) is 1.13. The van der Waals surface area contributed by atoms with E-state index in [2.05, 4.69) is 54.3 Å². The highest BCUT2D eigenvalue weighted by Gasteiger charge is 2.25. The van der Waals surface area contributed by atoms with Gasteiger partial charge < -0.3 is 14.4 Å². The van der Waals surface area contributed by atoms with Gasteiger partial charge in [0.1, 0.15) is 17.2 Å². The molecule has 3 aromatic carbocycles. The summed E-state index contributed by atoms with van der Waals surface area (Å²) < 4.78 is 11.4. The van der Waals surface area contributed by atoms with Crippen LogP contribution in [0.2, 0.25) is 0 Å². The molecule has 4 heteroatoms. The van der Waals surface area contributed by atoms with Crippen molar-refractivity contribution in [3.8, 4) is 17.2 Å². The van der Waals surface area contributed by atoms with Gasteiger partial charge in [0.15, 0.2) is 0 Å². The maximum atomic E-state index is 6.09. The molecule has 0 radical (unpaired) electrons. The Hall–Kier alpha value is -3.53. The van der Waals surface area contributed by atoms with Crippen LogP contribution in [-0.4, -0.2) is 25.2 Å². The number of benzene rings is 3. The van der Waals surface area contributed by atoms with Crippen LogP contribution in [0.15, 0.2) is 78.9 Å². The van der Waals surface area contributed by atoms with Crippen molar-refractivity contribution in [2.24, 2.45) is 0 Å². The Morgan fingerprint density at radius 1 is 0.871 bits per heavy atom. The lowest BCUT2D eigenvalue weighted by molar-refractivity contribution is 0.414. The van der Waals surface area contributed by atoms with Crippen LogP contribution in [0.5, 0.6) is 17.2 Å². The van der Waals surface area contributed by atoms with Crippen molar-refractivity contribution < 1.29 is 9.47 Å². The van der Waals surface area contributed by atoms with Crippen molar-refractivity contribution in [2.45, 2.75) is 19.3 Å². The molecule has 1 atom stereocenters. The molecule has 5 rings (SSSR count). The fourth-order valence-electron chi connectivity index (χ4n) is 4.39. The van der Waals surface area contributed by atoms with Crippen molar-refractivity contribution in [3.63, 3.8) is 0 Å². The second kappa shape index (κ2) is 8.31. The summed E-state index contributed by atoms with van der Waals surface area (Å²) in [6.45, 7) is 4.09. The van der Waals surface area contributed by atoms with Crippen LogP contribution in [0.25, 0.3) is 10.9 Å². The lowest BCUT2D eigenvalue weighted by atomic mass is 9.98. The average molecular weight is 411 g/mol. The van der Waals surface area contributed by atoms with Gasteiger partial charge in [-0.3, -0.25) is 4.98 Å². The van der Waals surface area contributed by atoms with Crippen LogP contribution in [0, 0.1) is 6.92 Å². The summed E-state index contributed by atoms with van der Waals surface area (Å²) in [7, 11) is 1.71. The van der Waals surface area contributed by atoms with Gasteiger partial charge in [0.25, 0.3) is 0 Å². The number of ether oxygens (including phenoxy) is 2. The Balaban J connectivity index is 1.44. The highest BCUT2D eigenvalue weighted by molar-refractivity contribution is 5.93. The predicted molar refractivity (Wildman–Crippen MR) is 126 cm³/mol. The molecular formula is C27H26N2O2. The van der Waals surface area contributed by atoms with E-state index < -0.39 is 0 Å². The van der Waals surface area contributed by atoms with E-state index in [1.54, 1.807) is 7.11 Å². The third kappa shape index (κ3) is 4.06. The molecule has 31 heavy (non-hydrogen) atoms. The van der Waals surface area contributed by atoms with Gasteiger partial charge in [-0.2, -0.15) is 0 Å². The SMILES string of the molecule is COc1ccc(C2CCN(c3cc(C)nc4ccc(Oc5ccccc5)cc34)C2)cc1. The van der Waals surface area contributed by atoms with E-state index >= 15 is 0 Å². The average Bonchev–Trinajstić information content (AvgIpc) is 3.30. The largest absolute Gasteiger partial charge is 0.497 e. The number of hydrogen-bond acceptors (Lipinski definition) is 4. The van der Waals surface area contributed by atoms with Gasteiger partial charge in [0.2, 0.25) is 0 Å². The summed E-state index contributed by atoms with van der Waals surface area (Å²) >= 11 is 0. The van der Waals surface area contributed by atoms with Crippen LogP contribution in [0.3, 0.4) is 0 Å². The standard InChI is InChI=1S/C27H26N2O2/c1-19-16-27(29-15-14-21(18-29)20-8-10-22(30-2)11-9-20)25-17-24(12-13-26(25)28-19)31-23-6-4-3-5-7-23/h3-13,16-17,21H,14-15,18H2,1-2H3. The number of rotatable bonds is 5. The second-order valence-electron chi connectivity index (χ2n) is 8.08. The molecule has 0 bridgehead atoms. The number of aromatic nitrogens is 1. The molecule has 0 amide bonds. The number of para-hydroxylation sites is 1. The lowest BCUT2D eigenvalue weighted by Gasteiger charge is -2.22. The Bertz CT molecular complexity index is 1190. The van der Waals surface area contributed by atoms with Gasteiger partial charge in [-0.1, -0.05) is 30.3 Å². The highest BCUT2D eigenvalue weighted by Crippen LogP contribution is 2.37. The first-order valence-electron chi connectivity index (χ1n) is 10.7. The Kier molecular flexibility index (Phi) is 5.21. The summed E-state index contributed by atoms with van der Waals surface area (Å²) in [4.78, 5) is 7.24. The maximum Gasteiger partial charge on any atom is 0.128 e. The van der Waals surface area contributed by atoms with Crippen molar-refractivity contribution in [1.29, 1.82) is 0 Å². The molecule has 2 heterocycles. The molecule has 4 aromatic rings. The zero-order valence-electron chi connectivity index (χ0n) is 17.9.